The van der Waals surface area contributed by atoms with Gasteiger partial charge in [-0.1, -0.05) is 36.4 Å². The van der Waals surface area contributed by atoms with E-state index in [1.807, 2.05) is 49.3 Å². The quantitative estimate of drug-likeness (QED) is 0.814. The number of carbonyl (C=O) groups excluding carboxylic acids is 1. The van der Waals surface area contributed by atoms with Crippen molar-refractivity contribution in [2.75, 3.05) is 39.0 Å². The highest BCUT2D eigenvalue weighted by Gasteiger charge is 2.44. The van der Waals surface area contributed by atoms with E-state index in [0.29, 0.717) is 31.7 Å². The number of anilines is 1. The summed E-state index contributed by atoms with van der Waals surface area (Å²) in [4.78, 5) is 16.4. The van der Waals surface area contributed by atoms with Crippen LogP contribution in [-0.2, 0) is 5.60 Å². The van der Waals surface area contributed by atoms with Crippen LogP contribution in [0.25, 0.3) is 0 Å². The largest absolute Gasteiger partial charge is 0.385 e. The van der Waals surface area contributed by atoms with Gasteiger partial charge in [-0.15, -0.1) is 12.4 Å². The number of halogens is 2. The summed E-state index contributed by atoms with van der Waals surface area (Å²) in [5.74, 6) is -0.530. The highest BCUT2D eigenvalue weighted by atomic mass is 35.5. The van der Waals surface area contributed by atoms with Gasteiger partial charge in [0.1, 0.15) is 5.82 Å². The van der Waals surface area contributed by atoms with E-state index in [2.05, 4.69) is 5.32 Å². The molecule has 0 aromatic heterocycles. The summed E-state index contributed by atoms with van der Waals surface area (Å²) >= 11 is 0. The topological polar surface area (TPSA) is 55.8 Å². The lowest BCUT2D eigenvalue weighted by molar-refractivity contribution is -0.0749. The third-order valence-corrected chi connectivity index (χ3v) is 5.10. The zero-order chi connectivity index (χ0) is 19.4. The maximum Gasteiger partial charge on any atom is 0.321 e. The van der Waals surface area contributed by atoms with Gasteiger partial charge in [-0.25, -0.2) is 9.18 Å². The minimum absolute atomic E-state index is 0. The standard InChI is InChI=1S/C21H26FN3O2.ClH/c1-24(2)14-17-15-25(20(26)23-19-10-6-9-18(22)13-19)12-11-21(17,27)16-7-4-3-5-8-16;/h3-10,13,17,27H,11-12,14-15H2,1-2H3,(H,23,26);1H. The Morgan fingerprint density at radius 1 is 1.25 bits per heavy atom. The van der Waals surface area contributed by atoms with E-state index < -0.39 is 11.4 Å². The van der Waals surface area contributed by atoms with Crippen molar-refractivity contribution < 1.29 is 14.3 Å². The molecule has 0 aliphatic carbocycles. The van der Waals surface area contributed by atoms with Crippen molar-refractivity contribution in [1.82, 2.24) is 9.80 Å². The van der Waals surface area contributed by atoms with Crippen molar-refractivity contribution in [3.05, 3.63) is 66.0 Å². The van der Waals surface area contributed by atoms with Crippen molar-refractivity contribution in [2.24, 2.45) is 5.92 Å². The molecule has 1 fully saturated rings. The highest BCUT2D eigenvalue weighted by Crippen LogP contribution is 2.38. The second kappa shape index (κ2) is 9.37. The lowest BCUT2D eigenvalue weighted by Crippen LogP contribution is -2.55. The molecule has 5 nitrogen and oxygen atoms in total. The minimum atomic E-state index is -0.985. The Hall–Kier alpha value is -2.15. The smallest absolute Gasteiger partial charge is 0.321 e. The average molecular weight is 408 g/mol. The maximum absolute atomic E-state index is 13.4. The van der Waals surface area contributed by atoms with E-state index >= 15 is 0 Å². The fourth-order valence-corrected chi connectivity index (χ4v) is 3.73. The molecular formula is C21H27ClFN3O2. The van der Waals surface area contributed by atoms with E-state index in [4.69, 9.17) is 0 Å². The molecule has 1 aliphatic rings. The van der Waals surface area contributed by atoms with Gasteiger partial charge in [0.05, 0.1) is 5.60 Å². The zero-order valence-electron chi connectivity index (χ0n) is 16.1. The molecular weight excluding hydrogens is 381 g/mol. The van der Waals surface area contributed by atoms with Crippen LogP contribution in [0, 0.1) is 11.7 Å². The van der Waals surface area contributed by atoms with Gasteiger partial charge >= 0.3 is 6.03 Å². The number of amides is 2. The molecule has 2 N–H and O–H groups in total. The SMILES string of the molecule is CN(C)CC1CN(C(=O)Nc2cccc(F)c2)CCC1(O)c1ccccc1.Cl. The molecule has 3 rings (SSSR count). The van der Waals surface area contributed by atoms with Gasteiger partial charge in [0.15, 0.2) is 0 Å². The average Bonchev–Trinajstić information content (AvgIpc) is 2.64. The molecule has 2 aromatic carbocycles. The van der Waals surface area contributed by atoms with Gasteiger partial charge < -0.3 is 20.2 Å². The molecule has 28 heavy (non-hydrogen) atoms. The van der Waals surface area contributed by atoms with Crippen molar-refractivity contribution >= 4 is 24.1 Å². The predicted molar refractivity (Wildman–Crippen MR) is 111 cm³/mol. The first-order chi connectivity index (χ1) is 12.9. The number of urea groups is 1. The molecule has 1 heterocycles. The third kappa shape index (κ3) is 5.01. The fraction of sp³-hybridized carbons (Fsp3) is 0.381. The van der Waals surface area contributed by atoms with Crippen LogP contribution in [0.3, 0.4) is 0 Å². The van der Waals surface area contributed by atoms with Crippen LogP contribution in [0.5, 0.6) is 0 Å². The van der Waals surface area contributed by atoms with Crippen LogP contribution in [0.2, 0.25) is 0 Å². The van der Waals surface area contributed by atoms with Gasteiger partial charge in [-0.3, -0.25) is 0 Å². The van der Waals surface area contributed by atoms with E-state index in [1.165, 1.54) is 12.1 Å². The summed E-state index contributed by atoms with van der Waals surface area (Å²) < 4.78 is 13.4. The maximum atomic E-state index is 13.4. The lowest BCUT2D eigenvalue weighted by atomic mass is 9.75. The molecule has 0 saturated carbocycles. The van der Waals surface area contributed by atoms with Crippen molar-refractivity contribution in [3.8, 4) is 0 Å². The fourth-order valence-electron chi connectivity index (χ4n) is 3.73. The molecule has 1 aliphatic heterocycles. The third-order valence-electron chi connectivity index (χ3n) is 5.10. The van der Waals surface area contributed by atoms with E-state index in [1.54, 1.807) is 17.0 Å². The number of benzene rings is 2. The van der Waals surface area contributed by atoms with Crippen molar-refractivity contribution in [3.63, 3.8) is 0 Å². The number of likely N-dealkylation sites (tertiary alicyclic amines) is 1. The summed E-state index contributed by atoms with van der Waals surface area (Å²) in [5, 5.41) is 14.2. The molecule has 0 radical (unpaired) electrons. The molecule has 2 amide bonds. The van der Waals surface area contributed by atoms with Crippen LogP contribution in [0.4, 0.5) is 14.9 Å². The molecule has 1 saturated heterocycles. The number of hydrogen-bond acceptors (Lipinski definition) is 3. The Kier molecular flexibility index (Phi) is 7.41. The minimum Gasteiger partial charge on any atom is -0.385 e. The van der Waals surface area contributed by atoms with Gasteiger partial charge in [-0.2, -0.15) is 0 Å². The normalized spacial score (nSPS) is 21.9. The van der Waals surface area contributed by atoms with Gasteiger partial charge in [0, 0.05) is 31.2 Å². The Bertz CT molecular complexity index is 790. The lowest BCUT2D eigenvalue weighted by Gasteiger charge is -2.45. The van der Waals surface area contributed by atoms with Crippen LogP contribution in [0.15, 0.2) is 54.6 Å². The molecule has 0 spiro atoms. The predicted octanol–water partition coefficient (Wildman–Crippen LogP) is 3.55. The number of hydrogen-bond donors (Lipinski definition) is 2. The van der Waals surface area contributed by atoms with Crippen LogP contribution < -0.4 is 5.32 Å². The molecule has 152 valence electrons. The number of aliphatic hydroxyl groups is 1. The van der Waals surface area contributed by atoms with E-state index in [9.17, 15) is 14.3 Å². The number of piperidine rings is 1. The Labute approximate surface area is 171 Å². The van der Waals surface area contributed by atoms with Crippen molar-refractivity contribution in [1.29, 1.82) is 0 Å². The van der Waals surface area contributed by atoms with Crippen LogP contribution >= 0.6 is 12.4 Å². The van der Waals surface area contributed by atoms with E-state index in [-0.39, 0.29) is 24.4 Å². The Morgan fingerprint density at radius 3 is 2.61 bits per heavy atom. The van der Waals surface area contributed by atoms with Crippen LogP contribution in [-0.4, -0.2) is 54.7 Å². The number of carbonyl (C=O) groups is 1. The van der Waals surface area contributed by atoms with Crippen LogP contribution in [0.1, 0.15) is 12.0 Å². The first-order valence-electron chi connectivity index (χ1n) is 9.12. The second-order valence-corrected chi connectivity index (χ2v) is 7.39. The molecule has 2 atom stereocenters. The number of nitrogens with zero attached hydrogens (tertiary/aromatic N) is 2. The molecule has 7 heteroatoms. The van der Waals surface area contributed by atoms with Gasteiger partial charge in [0.25, 0.3) is 0 Å². The summed E-state index contributed by atoms with van der Waals surface area (Å²) in [5.41, 5.74) is 0.316. The number of rotatable bonds is 4. The summed E-state index contributed by atoms with van der Waals surface area (Å²) in [6, 6.07) is 15.2. The zero-order valence-corrected chi connectivity index (χ0v) is 17.0. The monoisotopic (exact) mass is 407 g/mol. The Balaban J connectivity index is 0.00000280. The van der Waals surface area contributed by atoms with Gasteiger partial charge in [0.2, 0.25) is 0 Å². The summed E-state index contributed by atoms with van der Waals surface area (Å²) in [6.45, 7) is 1.50. The number of nitrogens with one attached hydrogen (secondary N) is 1. The first kappa shape index (κ1) is 22.1. The first-order valence-corrected chi connectivity index (χ1v) is 9.12. The highest BCUT2D eigenvalue weighted by molar-refractivity contribution is 5.89. The van der Waals surface area contributed by atoms with Crippen molar-refractivity contribution in [2.45, 2.75) is 12.0 Å². The van der Waals surface area contributed by atoms with Gasteiger partial charge in [-0.05, 0) is 44.3 Å². The Morgan fingerprint density at radius 2 is 1.96 bits per heavy atom. The molecule has 2 aromatic rings. The second-order valence-electron chi connectivity index (χ2n) is 7.39. The molecule has 0 bridgehead atoms. The van der Waals surface area contributed by atoms with E-state index in [0.717, 1.165) is 5.56 Å². The summed E-state index contributed by atoms with van der Waals surface area (Å²) in [7, 11) is 3.91. The molecule has 2 unspecified atom stereocenters. The summed E-state index contributed by atoms with van der Waals surface area (Å²) in [6.07, 6.45) is 0.450.